The van der Waals surface area contributed by atoms with E-state index in [9.17, 15) is 0 Å². The van der Waals surface area contributed by atoms with Crippen molar-refractivity contribution in [1.82, 2.24) is 5.32 Å². The van der Waals surface area contributed by atoms with E-state index in [4.69, 9.17) is 16.0 Å². The molecule has 2 rings (SSSR count). The summed E-state index contributed by atoms with van der Waals surface area (Å²) in [5.41, 5.74) is 0. The van der Waals surface area contributed by atoms with Gasteiger partial charge in [-0.2, -0.15) is 0 Å². The van der Waals surface area contributed by atoms with E-state index in [-0.39, 0.29) is 6.04 Å². The summed E-state index contributed by atoms with van der Waals surface area (Å²) in [4.78, 5) is 1.13. The second-order valence-corrected chi connectivity index (χ2v) is 5.53. The fourth-order valence-corrected chi connectivity index (χ4v) is 3.11. The van der Waals surface area contributed by atoms with Gasteiger partial charge in [0, 0.05) is 11.3 Å². The van der Waals surface area contributed by atoms with Crippen molar-refractivity contribution in [3.05, 3.63) is 45.0 Å². The molecule has 0 bridgehead atoms. The second kappa shape index (κ2) is 6.41. The lowest BCUT2D eigenvalue weighted by molar-refractivity contribution is 0.424. The van der Waals surface area contributed by atoms with Gasteiger partial charge >= 0.3 is 0 Å². The molecule has 2 aromatic heterocycles. The van der Waals surface area contributed by atoms with E-state index in [2.05, 4.69) is 19.2 Å². The van der Waals surface area contributed by atoms with Crippen molar-refractivity contribution in [3.63, 3.8) is 0 Å². The summed E-state index contributed by atoms with van der Waals surface area (Å²) in [5.74, 6) is 1.96. The molecule has 0 aromatic carbocycles. The summed E-state index contributed by atoms with van der Waals surface area (Å²) in [7, 11) is 0. The Balaban J connectivity index is 2.27. The lowest BCUT2D eigenvalue weighted by atomic mass is 10.2. The molecule has 0 amide bonds. The number of thiophene rings is 1. The smallest absolute Gasteiger partial charge is 0.126 e. The maximum Gasteiger partial charge on any atom is 0.126 e. The molecule has 0 spiro atoms. The summed E-state index contributed by atoms with van der Waals surface area (Å²) >= 11 is 7.90. The summed E-state index contributed by atoms with van der Waals surface area (Å²) in [6.07, 6.45) is 2.00. The Morgan fingerprint density at radius 2 is 2.17 bits per heavy atom. The minimum Gasteiger partial charge on any atom is -0.464 e. The van der Waals surface area contributed by atoms with E-state index < -0.39 is 0 Å². The highest BCUT2D eigenvalue weighted by Gasteiger charge is 2.20. The summed E-state index contributed by atoms with van der Waals surface area (Å²) in [6.45, 7) is 5.19. The van der Waals surface area contributed by atoms with Crippen LogP contribution in [0.1, 0.15) is 42.7 Å². The summed E-state index contributed by atoms with van der Waals surface area (Å²) < 4.78 is 5.86. The minimum absolute atomic E-state index is 0.0674. The topological polar surface area (TPSA) is 25.2 Å². The molecule has 18 heavy (non-hydrogen) atoms. The van der Waals surface area contributed by atoms with Crippen LogP contribution in [0.3, 0.4) is 0 Å². The van der Waals surface area contributed by atoms with Crippen LogP contribution < -0.4 is 5.32 Å². The summed E-state index contributed by atoms with van der Waals surface area (Å²) in [5, 5.41) is 6.32. The van der Waals surface area contributed by atoms with E-state index in [1.807, 2.05) is 23.6 Å². The van der Waals surface area contributed by atoms with Crippen molar-refractivity contribution < 1.29 is 4.42 Å². The third kappa shape index (κ3) is 2.97. The molecular weight excluding hydrogens is 266 g/mol. The molecule has 0 saturated carbocycles. The van der Waals surface area contributed by atoms with Gasteiger partial charge in [-0.1, -0.05) is 25.4 Å². The van der Waals surface area contributed by atoms with E-state index in [0.29, 0.717) is 0 Å². The molecule has 2 nitrogen and oxygen atoms in total. The Hall–Kier alpha value is -0.770. The molecule has 0 fully saturated rings. The molecule has 4 heteroatoms. The molecule has 1 N–H and O–H groups in total. The molecular formula is C14H18ClNOS. The Kier molecular flexibility index (Phi) is 4.87. The first-order valence-corrected chi connectivity index (χ1v) is 7.56. The highest BCUT2D eigenvalue weighted by Crippen LogP contribution is 2.33. The van der Waals surface area contributed by atoms with E-state index in [0.717, 1.165) is 40.8 Å². The molecule has 0 aliphatic rings. The first-order valence-electron chi connectivity index (χ1n) is 6.31. The number of hydrogen-bond donors (Lipinski definition) is 1. The van der Waals surface area contributed by atoms with Crippen molar-refractivity contribution in [1.29, 1.82) is 0 Å². The van der Waals surface area contributed by atoms with Crippen LogP contribution in [0.25, 0.3) is 0 Å². The van der Waals surface area contributed by atoms with Crippen LogP contribution in [0.5, 0.6) is 0 Å². The number of furan rings is 1. The predicted octanol–water partition coefficient (Wildman–Crippen LogP) is 4.65. The lowest BCUT2D eigenvalue weighted by Crippen LogP contribution is -2.22. The maximum atomic E-state index is 6.23. The largest absolute Gasteiger partial charge is 0.464 e. The molecule has 1 unspecified atom stereocenters. The van der Waals surface area contributed by atoms with Gasteiger partial charge in [0.2, 0.25) is 0 Å². The van der Waals surface area contributed by atoms with E-state index >= 15 is 0 Å². The normalized spacial score (nSPS) is 12.8. The molecule has 0 radical (unpaired) electrons. The van der Waals surface area contributed by atoms with Gasteiger partial charge in [-0.25, -0.2) is 0 Å². The fraction of sp³-hybridized carbons (Fsp3) is 0.429. The van der Waals surface area contributed by atoms with Crippen molar-refractivity contribution in [2.24, 2.45) is 0 Å². The van der Waals surface area contributed by atoms with Crippen molar-refractivity contribution in [2.75, 3.05) is 6.54 Å². The fourth-order valence-electron chi connectivity index (χ4n) is 1.86. The first kappa shape index (κ1) is 13.7. The number of nitrogens with one attached hydrogen (secondary N) is 1. The van der Waals surface area contributed by atoms with Crippen LogP contribution in [0.4, 0.5) is 0 Å². The number of aryl methyl sites for hydroxylation is 1. The van der Waals surface area contributed by atoms with Crippen LogP contribution in [-0.4, -0.2) is 6.54 Å². The number of halogens is 1. The zero-order chi connectivity index (χ0) is 13.0. The van der Waals surface area contributed by atoms with Gasteiger partial charge in [-0.15, -0.1) is 11.3 Å². The monoisotopic (exact) mass is 283 g/mol. The van der Waals surface area contributed by atoms with Gasteiger partial charge in [0.1, 0.15) is 17.6 Å². The van der Waals surface area contributed by atoms with Crippen molar-refractivity contribution in [3.8, 4) is 0 Å². The molecule has 0 aliphatic carbocycles. The minimum atomic E-state index is 0.0674. The third-order valence-electron chi connectivity index (χ3n) is 2.82. The zero-order valence-corrected chi connectivity index (χ0v) is 12.3. The Bertz CT molecular complexity index is 491. The van der Waals surface area contributed by atoms with Gasteiger partial charge in [-0.3, -0.25) is 0 Å². The zero-order valence-electron chi connectivity index (χ0n) is 10.7. The average Bonchev–Trinajstić information content (AvgIpc) is 3.00. The highest BCUT2D eigenvalue weighted by atomic mass is 35.5. The Labute approximate surface area is 117 Å². The summed E-state index contributed by atoms with van der Waals surface area (Å²) in [6, 6.07) is 6.09. The standard InChI is InChI=1S/C14H18ClNOS/c1-3-8-16-13(14-11(15)7-9-18-14)12-6-5-10(4-2)17-12/h5-7,9,13,16H,3-4,8H2,1-2H3. The maximum absolute atomic E-state index is 6.23. The molecule has 98 valence electrons. The van der Waals surface area contributed by atoms with Crippen LogP contribution in [0, 0.1) is 0 Å². The molecule has 0 saturated heterocycles. The predicted molar refractivity (Wildman–Crippen MR) is 77.6 cm³/mol. The van der Waals surface area contributed by atoms with Gasteiger partial charge in [0.25, 0.3) is 0 Å². The quantitative estimate of drug-likeness (QED) is 0.835. The lowest BCUT2D eigenvalue weighted by Gasteiger charge is -2.15. The number of hydrogen-bond acceptors (Lipinski definition) is 3. The first-order chi connectivity index (χ1) is 8.76. The van der Waals surface area contributed by atoms with Crippen LogP contribution in [-0.2, 0) is 6.42 Å². The van der Waals surface area contributed by atoms with Crippen LogP contribution in [0.2, 0.25) is 5.02 Å². The van der Waals surface area contributed by atoms with Gasteiger partial charge in [-0.05, 0) is 36.5 Å². The van der Waals surface area contributed by atoms with Crippen molar-refractivity contribution >= 4 is 22.9 Å². The van der Waals surface area contributed by atoms with E-state index in [1.165, 1.54) is 0 Å². The molecule has 2 aromatic rings. The van der Waals surface area contributed by atoms with Gasteiger partial charge in [0.05, 0.1) is 5.02 Å². The number of rotatable bonds is 6. The van der Waals surface area contributed by atoms with Gasteiger partial charge < -0.3 is 9.73 Å². The second-order valence-electron chi connectivity index (χ2n) is 4.18. The van der Waals surface area contributed by atoms with Crippen LogP contribution in [0.15, 0.2) is 28.0 Å². The third-order valence-corrected chi connectivity index (χ3v) is 4.24. The highest BCUT2D eigenvalue weighted by molar-refractivity contribution is 7.10. The van der Waals surface area contributed by atoms with Gasteiger partial charge in [0.15, 0.2) is 0 Å². The molecule has 1 atom stereocenters. The van der Waals surface area contributed by atoms with Crippen molar-refractivity contribution in [2.45, 2.75) is 32.7 Å². The van der Waals surface area contributed by atoms with Crippen LogP contribution >= 0.6 is 22.9 Å². The average molecular weight is 284 g/mol. The Morgan fingerprint density at radius 3 is 2.72 bits per heavy atom. The molecule has 2 heterocycles. The SMILES string of the molecule is CCCNC(c1ccc(CC)o1)c1sccc1Cl. The van der Waals surface area contributed by atoms with E-state index in [1.54, 1.807) is 11.3 Å². The molecule has 0 aliphatic heterocycles. The Morgan fingerprint density at radius 1 is 1.33 bits per heavy atom.